The average Bonchev–Trinajstić information content (AvgIpc) is 2.74. The van der Waals surface area contributed by atoms with Crippen molar-refractivity contribution >= 4 is 17.3 Å². The van der Waals surface area contributed by atoms with E-state index in [2.05, 4.69) is 47.2 Å². The summed E-state index contributed by atoms with van der Waals surface area (Å²) >= 11 is 0. The molecule has 3 aromatic rings. The van der Waals surface area contributed by atoms with Gasteiger partial charge < -0.3 is 16.0 Å². The number of halogens is 1. The monoisotopic (exact) mass is 418 g/mol. The van der Waals surface area contributed by atoms with E-state index in [4.69, 9.17) is 5.73 Å². The molecule has 1 amide bonds. The van der Waals surface area contributed by atoms with Crippen molar-refractivity contribution in [3.63, 3.8) is 0 Å². The molecule has 6 heteroatoms. The van der Waals surface area contributed by atoms with Gasteiger partial charge in [0.15, 0.2) is 0 Å². The minimum atomic E-state index is -0.552. The van der Waals surface area contributed by atoms with Crippen LogP contribution in [0.25, 0.3) is 11.1 Å². The van der Waals surface area contributed by atoms with Crippen molar-refractivity contribution in [3.05, 3.63) is 77.4 Å². The van der Waals surface area contributed by atoms with Crippen LogP contribution >= 0.6 is 0 Å². The number of hydrogen-bond donors (Lipinski definition) is 2. The Morgan fingerprint density at radius 3 is 2.45 bits per heavy atom. The summed E-state index contributed by atoms with van der Waals surface area (Å²) in [6.45, 7) is 5.69. The maximum Gasteiger partial charge on any atom is 0.258 e. The molecule has 1 aliphatic heterocycles. The number of amides is 1. The Morgan fingerprint density at radius 2 is 1.77 bits per heavy atom. The zero-order valence-corrected chi connectivity index (χ0v) is 17.9. The predicted octanol–water partition coefficient (Wildman–Crippen LogP) is 4.68. The molecule has 1 fully saturated rings. The first-order valence-corrected chi connectivity index (χ1v) is 10.6. The largest absolute Gasteiger partial charge is 0.369 e. The third kappa shape index (κ3) is 4.59. The summed E-state index contributed by atoms with van der Waals surface area (Å²) in [6.07, 6.45) is 5.20. The van der Waals surface area contributed by atoms with Gasteiger partial charge in [-0.15, -0.1) is 0 Å². The predicted molar refractivity (Wildman–Crippen MR) is 123 cm³/mol. The molecular weight excluding hydrogens is 391 g/mol. The Morgan fingerprint density at radius 1 is 1.10 bits per heavy atom. The number of aromatic nitrogens is 1. The molecule has 0 radical (unpaired) electrons. The number of benzene rings is 2. The molecule has 3 N–H and O–H groups in total. The summed E-state index contributed by atoms with van der Waals surface area (Å²) in [4.78, 5) is 19.5. The lowest BCUT2D eigenvalue weighted by Gasteiger charge is -2.34. The highest BCUT2D eigenvalue weighted by Gasteiger charge is 2.24. The van der Waals surface area contributed by atoms with Crippen LogP contribution in [0, 0.1) is 19.7 Å². The summed E-state index contributed by atoms with van der Waals surface area (Å²) in [6, 6.07) is 12.5. The number of carbonyl (C=O) groups is 1. The molecule has 0 saturated carbocycles. The molecule has 1 aromatic heterocycles. The quantitative estimate of drug-likeness (QED) is 0.645. The molecule has 0 unspecified atom stereocenters. The highest BCUT2D eigenvalue weighted by Crippen LogP contribution is 2.38. The molecular formula is C25H27FN4O. The minimum absolute atomic E-state index is 0.00548. The van der Waals surface area contributed by atoms with Crippen LogP contribution in [0.5, 0.6) is 0 Å². The van der Waals surface area contributed by atoms with Crippen molar-refractivity contribution in [2.24, 2.45) is 5.73 Å². The number of rotatable bonds is 4. The van der Waals surface area contributed by atoms with Crippen molar-refractivity contribution in [2.75, 3.05) is 23.3 Å². The Labute approximate surface area is 182 Å². The summed E-state index contributed by atoms with van der Waals surface area (Å²) in [7, 11) is 0. The molecule has 0 aliphatic carbocycles. The van der Waals surface area contributed by atoms with Gasteiger partial charge in [0.05, 0.1) is 23.1 Å². The number of nitrogens with two attached hydrogens (primary N) is 1. The van der Waals surface area contributed by atoms with Gasteiger partial charge in [-0.3, -0.25) is 9.78 Å². The number of carbonyl (C=O) groups excluding carboxylic acids is 1. The van der Waals surface area contributed by atoms with Gasteiger partial charge in [-0.2, -0.15) is 0 Å². The number of anilines is 2. The number of nitrogens with one attached hydrogen (secondary N) is 1. The van der Waals surface area contributed by atoms with Crippen LogP contribution in [0.15, 0.2) is 54.9 Å². The van der Waals surface area contributed by atoms with E-state index >= 15 is 0 Å². The van der Waals surface area contributed by atoms with Crippen molar-refractivity contribution < 1.29 is 9.18 Å². The lowest BCUT2D eigenvalue weighted by Crippen LogP contribution is -2.40. The van der Waals surface area contributed by atoms with Crippen LogP contribution in [0.2, 0.25) is 0 Å². The van der Waals surface area contributed by atoms with E-state index in [0.29, 0.717) is 5.69 Å². The lowest BCUT2D eigenvalue weighted by molar-refractivity contribution is 0.102. The summed E-state index contributed by atoms with van der Waals surface area (Å²) in [5.74, 6) is -1.05. The standard InChI is InChI=1S/C25H27FN4O/c1-16-11-17(2)13-18(12-16)21-14-28-15-23(24(21)30-9-7-19(27)8-10-30)29-25(31)20-5-3-4-6-22(20)26/h3-6,11-15,19H,7-10,27H2,1-2H3,(H,29,31). The van der Waals surface area contributed by atoms with Crippen molar-refractivity contribution in [3.8, 4) is 11.1 Å². The molecule has 0 spiro atoms. The van der Waals surface area contributed by atoms with E-state index in [1.807, 2.05) is 6.20 Å². The molecule has 0 bridgehead atoms. The highest BCUT2D eigenvalue weighted by atomic mass is 19.1. The molecule has 1 saturated heterocycles. The van der Waals surface area contributed by atoms with Gasteiger partial charge in [-0.05, 0) is 44.4 Å². The number of hydrogen-bond acceptors (Lipinski definition) is 4. The first-order valence-electron chi connectivity index (χ1n) is 10.6. The van der Waals surface area contributed by atoms with Crippen LogP contribution in [-0.2, 0) is 0 Å². The molecule has 2 heterocycles. The zero-order valence-electron chi connectivity index (χ0n) is 17.9. The molecule has 2 aromatic carbocycles. The first kappa shape index (κ1) is 21.0. The number of aryl methyl sites for hydroxylation is 2. The Hall–Kier alpha value is -3.25. The third-order valence-corrected chi connectivity index (χ3v) is 5.67. The molecule has 0 atom stereocenters. The minimum Gasteiger partial charge on any atom is -0.369 e. The number of pyridine rings is 1. The van der Waals surface area contributed by atoms with Crippen LogP contribution in [-0.4, -0.2) is 30.0 Å². The van der Waals surface area contributed by atoms with Crippen molar-refractivity contribution in [1.82, 2.24) is 4.98 Å². The summed E-state index contributed by atoms with van der Waals surface area (Å²) in [5.41, 5.74) is 11.9. The average molecular weight is 419 g/mol. The molecule has 1 aliphatic rings. The summed E-state index contributed by atoms with van der Waals surface area (Å²) < 4.78 is 14.2. The second-order valence-corrected chi connectivity index (χ2v) is 8.22. The molecule has 31 heavy (non-hydrogen) atoms. The van der Waals surface area contributed by atoms with Gasteiger partial charge in [0.1, 0.15) is 5.82 Å². The SMILES string of the molecule is Cc1cc(C)cc(-c2cncc(NC(=O)c3ccccc3F)c2N2CCC(N)CC2)c1. The van der Waals surface area contributed by atoms with E-state index in [-0.39, 0.29) is 11.6 Å². The number of nitrogens with zero attached hydrogens (tertiary/aromatic N) is 2. The maximum atomic E-state index is 14.2. The molecule has 160 valence electrons. The highest BCUT2D eigenvalue weighted by molar-refractivity contribution is 6.07. The van der Waals surface area contributed by atoms with Gasteiger partial charge in [0.2, 0.25) is 0 Å². The van der Waals surface area contributed by atoms with Gasteiger partial charge in [-0.1, -0.05) is 41.5 Å². The van der Waals surface area contributed by atoms with Crippen LogP contribution < -0.4 is 16.0 Å². The van der Waals surface area contributed by atoms with Gasteiger partial charge >= 0.3 is 0 Å². The maximum absolute atomic E-state index is 14.2. The van der Waals surface area contributed by atoms with Crippen LogP contribution in [0.3, 0.4) is 0 Å². The Bertz CT molecular complexity index is 1090. The van der Waals surface area contributed by atoms with Crippen molar-refractivity contribution in [1.29, 1.82) is 0 Å². The van der Waals surface area contributed by atoms with E-state index < -0.39 is 11.7 Å². The van der Waals surface area contributed by atoms with Crippen LogP contribution in [0.4, 0.5) is 15.8 Å². The first-order chi connectivity index (χ1) is 14.9. The molecule has 5 nitrogen and oxygen atoms in total. The fraction of sp³-hybridized carbons (Fsp3) is 0.280. The fourth-order valence-corrected chi connectivity index (χ4v) is 4.19. The smallest absolute Gasteiger partial charge is 0.258 e. The van der Waals surface area contributed by atoms with E-state index in [9.17, 15) is 9.18 Å². The van der Waals surface area contributed by atoms with Gasteiger partial charge in [0.25, 0.3) is 5.91 Å². The van der Waals surface area contributed by atoms with E-state index in [1.165, 1.54) is 12.1 Å². The second-order valence-electron chi connectivity index (χ2n) is 8.22. The Balaban J connectivity index is 1.79. The zero-order chi connectivity index (χ0) is 22.0. The van der Waals surface area contributed by atoms with Crippen molar-refractivity contribution in [2.45, 2.75) is 32.7 Å². The number of piperidine rings is 1. The summed E-state index contributed by atoms with van der Waals surface area (Å²) in [5, 5.41) is 2.90. The lowest BCUT2D eigenvalue weighted by atomic mass is 9.98. The van der Waals surface area contributed by atoms with Crippen LogP contribution in [0.1, 0.15) is 34.3 Å². The van der Waals surface area contributed by atoms with E-state index in [0.717, 1.165) is 53.9 Å². The second kappa shape index (κ2) is 8.86. The van der Waals surface area contributed by atoms with E-state index in [1.54, 1.807) is 18.3 Å². The molecule has 4 rings (SSSR count). The van der Waals surface area contributed by atoms with Gasteiger partial charge in [0, 0.05) is 30.9 Å². The fourth-order valence-electron chi connectivity index (χ4n) is 4.19. The normalized spacial score (nSPS) is 14.5. The third-order valence-electron chi connectivity index (χ3n) is 5.67. The topological polar surface area (TPSA) is 71.2 Å². The van der Waals surface area contributed by atoms with Gasteiger partial charge in [-0.25, -0.2) is 4.39 Å². The Kier molecular flexibility index (Phi) is 6.00.